The lowest BCUT2D eigenvalue weighted by atomic mass is 10.1. The quantitative estimate of drug-likeness (QED) is 0.859. The van der Waals surface area contributed by atoms with Crippen LogP contribution < -0.4 is 5.32 Å². The highest BCUT2D eigenvalue weighted by Crippen LogP contribution is 2.34. The van der Waals surface area contributed by atoms with Crippen LogP contribution in [0.25, 0.3) is 11.3 Å². The van der Waals surface area contributed by atoms with Gasteiger partial charge in [0.25, 0.3) is 0 Å². The number of aryl methyl sites for hydroxylation is 1. The first-order chi connectivity index (χ1) is 8.16. The van der Waals surface area contributed by atoms with Crippen molar-refractivity contribution in [3.8, 4) is 11.3 Å². The highest BCUT2D eigenvalue weighted by atomic mass is 35.5. The summed E-state index contributed by atoms with van der Waals surface area (Å²) in [6.45, 7) is 0.968. The Labute approximate surface area is 109 Å². The molecule has 1 N–H and O–H groups in total. The van der Waals surface area contributed by atoms with Crippen molar-refractivity contribution in [3.63, 3.8) is 0 Å². The van der Waals surface area contributed by atoms with Crippen molar-refractivity contribution in [1.82, 2.24) is 9.78 Å². The Balaban J connectivity index is 2.15. The van der Waals surface area contributed by atoms with Crippen molar-refractivity contribution in [3.05, 3.63) is 33.8 Å². The van der Waals surface area contributed by atoms with Gasteiger partial charge in [0, 0.05) is 24.7 Å². The number of benzene rings is 1. The number of halogens is 2. The molecule has 1 aliphatic rings. The van der Waals surface area contributed by atoms with Crippen LogP contribution in [0.5, 0.6) is 0 Å². The first-order valence-electron chi connectivity index (χ1n) is 5.42. The van der Waals surface area contributed by atoms with Gasteiger partial charge in [0.05, 0.1) is 15.7 Å². The maximum Gasteiger partial charge on any atom is 0.127 e. The fraction of sp³-hybridized carbons (Fsp3) is 0.250. The zero-order chi connectivity index (χ0) is 12.0. The maximum atomic E-state index is 6.04. The maximum absolute atomic E-state index is 6.04. The van der Waals surface area contributed by atoms with Crippen LogP contribution in [-0.2, 0) is 13.5 Å². The topological polar surface area (TPSA) is 29.9 Å². The summed E-state index contributed by atoms with van der Waals surface area (Å²) in [5.74, 6) is 1.10. The zero-order valence-electron chi connectivity index (χ0n) is 9.30. The summed E-state index contributed by atoms with van der Waals surface area (Å²) in [6.07, 6.45) is 0.999. The molecule has 0 fully saturated rings. The molecule has 1 aliphatic heterocycles. The first-order valence-corrected chi connectivity index (χ1v) is 6.17. The van der Waals surface area contributed by atoms with Gasteiger partial charge in [-0.2, -0.15) is 5.10 Å². The molecule has 0 saturated carbocycles. The van der Waals surface area contributed by atoms with E-state index in [1.165, 1.54) is 5.56 Å². The van der Waals surface area contributed by atoms with E-state index < -0.39 is 0 Å². The Morgan fingerprint density at radius 2 is 2.12 bits per heavy atom. The van der Waals surface area contributed by atoms with Gasteiger partial charge in [-0.25, -0.2) is 0 Å². The molecule has 17 heavy (non-hydrogen) atoms. The van der Waals surface area contributed by atoms with E-state index in [0.29, 0.717) is 10.0 Å². The Bertz CT molecular complexity index is 590. The largest absolute Gasteiger partial charge is 0.370 e. The third-order valence-electron chi connectivity index (χ3n) is 3.01. The smallest absolute Gasteiger partial charge is 0.127 e. The lowest BCUT2D eigenvalue weighted by molar-refractivity contribution is 0.775. The predicted octanol–water partition coefficient (Wildman–Crippen LogP) is 3.36. The fourth-order valence-corrected chi connectivity index (χ4v) is 2.51. The number of aromatic nitrogens is 2. The molecule has 0 saturated heterocycles. The van der Waals surface area contributed by atoms with Crippen molar-refractivity contribution in [2.24, 2.45) is 7.05 Å². The molecule has 0 bridgehead atoms. The second kappa shape index (κ2) is 3.93. The van der Waals surface area contributed by atoms with E-state index in [1.807, 2.05) is 29.9 Å². The van der Waals surface area contributed by atoms with Crippen LogP contribution in [0.2, 0.25) is 10.0 Å². The Kier molecular flexibility index (Phi) is 2.53. The van der Waals surface area contributed by atoms with Crippen LogP contribution in [0.3, 0.4) is 0 Å². The minimum atomic E-state index is 0.564. The van der Waals surface area contributed by atoms with E-state index in [2.05, 4.69) is 10.4 Å². The number of rotatable bonds is 1. The van der Waals surface area contributed by atoms with E-state index in [9.17, 15) is 0 Å². The normalized spacial score (nSPS) is 13.6. The van der Waals surface area contributed by atoms with Gasteiger partial charge in [0.2, 0.25) is 0 Å². The summed E-state index contributed by atoms with van der Waals surface area (Å²) < 4.78 is 1.88. The molecular formula is C12H11Cl2N3. The molecule has 2 heterocycles. The second-order valence-corrected chi connectivity index (χ2v) is 4.92. The van der Waals surface area contributed by atoms with Crippen LogP contribution in [-0.4, -0.2) is 16.3 Å². The number of nitrogens with one attached hydrogen (secondary N) is 1. The van der Waals surface area contributed by atoms with Gasteiger partial charge < -0.3 is 5.32 Å². The van der Waals surface area contributed by atoms with E-state index in [4.69, 9.17) is 23.2 Å². The van der Waals surface area contributed by atoms with Gasteiger partial charge >= 0.3 is 0 Å². The Hall–Kier alpha value is -1.19. The van der Waals surface area contributed by atoms with Crippen molar-refractivity contribution in [2.45, 2.75) is 6.42 Å². The van der Waals surface area contributed by atoms with E-state index in [-0.39, 0.29) is 0 Å². The van der Waals surface area contributed by atoms with Crippen LogP contribution in [0.15, 0.2) is 18.2 Å². The monoisotopic (exact) mass is 267 g/mol. The van der Waals surface area contributed by atoms with Gasteiger partial charge in [-0.15, -0.1) is 0 Å². The van der Waals surface area contributed by atoms with E-state index in [0.717, 1.165) is 30.0 Å². The molecule has 1 aromatic heterocycles. The minimum Gasteiger partial charge on any atom is -0.370 e. The van der Waals surface area contributed by atoms with Gasteiger partial charge in [-0.05, 0) is 18.6 Å². The lowest BCUT2D eigenvalue weighted by Crippen LogP contribution is -2.01. The number of hydrogen-bond donors (Lipinski definition) is 1. The number of fused-ring (bicyclic) bond motifs is 1. The van der Waals surface area contributed by atoms with E-state index >= 15 is 0 Å². The van der Waals surface area contributed by atoms with Gasteiger partial charge in [0.1, 0.15) is 5.82 Å². The summed E-state index contributed by atoms with van der Waals surface area (Å²) >= 11 is 12.0. The molecule has 0 amide bonds. The molecule has 3 rings (SSSR count). The zero-order valence-corrected chi connectivity index (χ0v) is 10.8. The summed E-state index contributed by atoms with van der Waals surface area (Å²) in [6, 6.07) is 5.63. The second-order valence-electron chi connectivity index (χ2n) is 4.11. The molecule has 3 nitrogen and oxygen atoms in total. The predicted molar refractivity (Wildman–Crippen MR) is 70.9 cm³/mol. The summed E-state index contributed by atoms with van der Waals surface area (Å²) in [4.78, 5) is 0. The summed E-state index contributed by atoms with van der Waals surface area (Å²) in [5, 5.41) is 8.99. The van der Waals surface area contributed by atoms with Crippen molar-refractivity contribution in [1.29, 1.82) is 0 Å². The molecule has 0 spiro atoms. The van der Waals surface area contributed by atoms with Crippen molar-refractivity contribution >= 4 is 29.0 Å². The Morgan fingerprint density at radius 1 is 1.29 bits per heavy atom. The first kappa shape index (κ1) is 10.9. The lowest BCUT2D eigenvalue weighted by Gasteiger charge is -2.01. The molecule has 1 aromatic carbocycles. The average molecular weight is 268 g/mol. The van der Waals surface area contributed by atoms with Gasteiger partial charge in [0.15, 0.2) is 0 Å². The molecule has 0 unspecified atom stereocenters. The number of hydrogen-bond acceptors (Lipinski definition) is 2. The van der Waals surface area contributed by atoms with Gasteiger partial charge in [-0.1, -0.05) is 29.3 Å². The number of nitrogens with zero attached hydrogens (tertiary/aromatic N) is 2. The molecule has 5 heteroatoms. The molecular weight excluding hydrogens is 257 g/mol. The minimum absolute atomic E-state index is 0.564. The SMILES string of the molecule is Cn1nc(-c2ccc(Cl)c(Cl)c2)c2c1NCC2. The third kappa shape index (κ3) is 1.70. The molecule has 0 atom stereocenters. The molecule has 0 radical (unpaired) electrons. The number of anilines is 1. The van der Waals surface area contributed by atoms with Crippen LogP contribution in [0, 0.1) is 0 Å². The van der Waals surface area contributed by atoms with Crippen LogP contribution >= 0.6 is 23.2 Å². The third-order valence-corrected chi connectivity index (χ3v) is 3.74. The molecule has 2 aromatic rings. The summed E-state index contributed by atoms with van der Waals surface area (Å²) in [7, 11) is 1.94. The standard InChI is InChI=1S/C12H11Cl2N3/c1-17-12-8(4-5-15-12)11(16-17)7-2-3-9(13)10(14)6-7/h2-3,6,15H,4-5H2,1H3. The Morgan fingerprint density at radius 3 is 2.88 bits per heavy atom. The van der Waals surface area contributed by atoms with Crippen LogP contribution in [0.1, 0.15) is 5.56 Å². The van der Waals surface area contributed by atoms with Crippen LogP contribution in [0.4, 0.5) is 5.82 Å². The highest BCUT2D eigenvalue weighted by molar-refractivity contribution is 6.42. The molecule has 88 valence electrons. The van der Waals surface area contributed by atoms with Gasteiger partial charge in [-0.3, -0.25) is 4.68 Å². The van der Waals surface area contributed by atoms with Crippen molar-refractivity contribution in [2.75, 3.05) is 11.9 Å². The molecule has 0 aliphatic carbocycles. The average Bonchev–Trinajstić information content (AvgIpc) is 2.87. The highest BCUT2D eigenvalue weighted by Gasteiger charge is 2.21. The fourth-order valence-electron chi connectivity index (χ4n) is 2.21. The summed E-state index contributed by atoms with van der Waals surface area (Å²) in [5.41, 5.74) is 3.26. The van der Waals surface area contributed by atoms with E-state index in [1.54, 1.807) is 0 Å². The van der Waals surface area contributed by atoms with Crippen molar-refractivity contribution < 1.29 is 0 Å².